The van der Waals surface area contributed by atoms with Crippen LogP contribution in [0.25, 0.3) is 0 Å². The van der Waals surface area contributed by atoms with Crippen LogP contribution in [0.1, 0.15) is 23.8 Å². The first-order valence-corrected chi connectivity index (χ1v) is 6.39. The number of nitrogens with zero attached hydrogens (tertiary/aromatic N) is 1. The summed E-state index contributed by atoms with van der Waals surface area (Å²) in [6.45, 7) is 3.93. The van der Waals surface area contributed by atoms with E-state index in [1.165, 1.54) is 6.07 Å². The highest BCUT2D eigenvalue weighted by Gasteiger charge is 2.44. The van der Waals surface area contributed by atoms with Crippen LogP contribution in [0.3, 0.4) is 0 Å². The molecule has 2 aliphatic rings. The number of pyridine rings is 1. The molecule has 2 N–H and O–H groups in total. The van der Waals surface area contributed by atoms with E-state index in [2.05, 4.69) is 17.2 Å². The van der Waals surface area contributed by atoms with Crippen molar-refractivity contribution < 1.29 is 4.79 Å². The Morgan fingerprint density at radius 3 is 3.00 bits per heavy atom. The number of H-pyrrole nitrogens is 1. The maximum absolute atomic E-state index is 12.5. The van der Waals surface area contributed by atoms with Crippen LogP contribution >= 0.6 is 0 Å². The number of aromatic amines is 1. The summed E-state index contributed by atoms with van der Waals surface area (Å²) in [6, 6.07) is 5.24. The highest BCUT2D eigenvalue weighted by molar-refractivity contribution is 5.93. The number of aromatic nitrogens is 1. The van der Waals surface area contributed by atoms with E-state index >= 15 is 0 Å². The van der Waals surface area contributed by atoms with Crippen LogP contribution < -0.4 is 10.9 Å². The largest absolute Gasteiger partial charge is 0.330 e. The van der Waals surface area contributed by atoms with Crippen molar-refractivity contribution in [1.29, 1.82) is 0 Å². The van der Waals surface area contributed by atoms with E-state index in [0.29, 0.717) is 11.6 Å². The van der Waals surface area contributed by atoms with E-state index in [-0.39, 0.29) is 23.6 Å². The maximum atomic E-state index is 12.5. The highest BCUT2D eigenvalue weighted by Crippen LogP contribution is 2.32. The van der Waals surface area contributed by atoms with Crippen molar-refractivity contribution in [3.05, 3.63) is 34.2 Å². The second-order valence-electron chi connectivity index (χ2n) is 5.21. The third kappa shape index (κ3) is 1.75. The molecular weight excluding hydrogens is 230 g/mol. The van der Waals surface area contributed by atoms with Gasteiger partial charge in [0.25, 0.3) is 5.91 Å². The molecule has 5 heteroatoms. The molecule has 3 atom stereocenters. The molecule has 0 saturated carbocycles. The predicted octanol–water partition coefficient (Wildman–Crippen LogP) is 0.197. The number of rotatable bonds is 1. The lowest BCUT2D eigenvalue weighted by molar-refractivity contribution is 0.0675. The molecule has 5 nitrogen and oxygen atoms in total. The highest BCUT2D eigenvalue weighted by atomic mass is 16.2. The summed E-state index contributed by atoms with van der Waals surface area (Å²) in [4.78, 5) is 28.3. The third-order valence-corrected chi connectivity index (χ3v) is 4.01. The summed E-state index contributed by atoms with van der Waals surface area (Å²) < 4.78 is 0. The molecule has 3 unspecified atom stereocenters. The number of fused-ring (bicyclic) bond motifs is 1. The number of amides is 1. The van der Waals surface area contributed by atoms with Gasteiger partial charge in [-0.1, -0.05) is 6.07 Å². The third-order valence-electron chi connectivity index (χ3n) is 4.01. The van der Waals surface area contributed by atoms with Crippen molar-refractivity contribution in [1.82, 2.24) is 15.2 Å². The van der Waals surface area contributed by atoms with Gasteiger partial charge in [0.2, 0.25) is 5.56 Å². The van der Waals surface area contributed by atoms with Crippen LogP contribution in [0.15, 0.2) is 23.0 Å². The quantitative estimate of drug-likeness (QED) is 0.745. The van der Waals surface area contributed by atoms with E-state index in [9.17, 15) is 9.59 Å². The Balaban J connectivity index is 1.90. The topological polar surface area (TPSA) is 65.2 Å². The lowest BCUT2D eigenvalue weighted by Gasteiger charge is -2.27. The average Bonchev–Trinajstić information content (AvgIpc) is 2.88. The summed E-state index contributed by atoms with van der Waals surface area (Å²) in [5.41, 5.74) is 0.163. The van der Waals surface area contributed by atoms with Crippen LogP contribution in [0.5, 0.6) is 0 Å². The zero-order valence-corrected chi connectivity index (χ0v) is 10.3. The lowest BCUT2D eigenvalue weighted by atomic mass is 10.0. The van der Waals surface area contributed by atoms with Gasteiger partial charge in [0, 0.05) is 31.2 Å². The molecule has 0 aromatic carbocycles. The minimum absolute atomic E-state index is 0.0589. The fourth-order valence-corrected chi connectivity index (χ4v) is 3.23. The molecular formula is C13H17N3O2. The first-order chi connectivity index (χ1) is 8.66. The van der Waals surface area contributed by atoms with Crippen molar-refractivity contribution in [3.8, 4) is 0 Å². The molecule has 2 fully saturated rings. The van der Waals surface area contributed by atoms with E-state index in [1.807, 2.05) is 4.90 Å². The van der Waals surface area contributed by atoms with Gasteiger partial charge in [0.1, 0.15) is 5.69 Å². The SMILES string of the molecule is CC1CC2CNCC2N1C(=O)c1cccc(=O)[nH]1. The zero-order valence-electron chi connectivity index (χ0n) is 10.3. The Bertz CT molecular complexity index is 525. The van der Waals surface area contributed by atoms with Gasteiger partial charge in [-0.2, -0.15) is 0 Å². The van der Waals surface area contributed by atoms with E-state index in [0.717, 1.165) is 19.5 Å². The predicted molar refractivity (Wildman–Crippen MR) is 67.5 cm³/mol. The number of hydrogen-bond donors (Lipinski definition) is 2. The number of hydrogen-bond acceptors (Lipinski definition) is 3. The van der Waals surface area contributed by atoms with Gasteiger partial charge in [-0.25, -0.2) is 0 Å². The van der Waals surface area contributed by atoms with Crippen molar-refractivity contribution in [2.24, 2.45) is 5.92 Å². The molecule has 0 aliphatic carbocycles. The molecule has 0 bridgehead atoms. The van der Waals surface area contributed by atoms with Crippen LogP contribution in [-0.2, 0) is 0 Å². The van der Waals surface area contributed by atoms with Crippen molar-refractivity contribution in [2.75, 3.05) is 13.1 Å². The van der Waals surface area contributed by atoms with Gasteiger partial charge < -0.3 is 15.2 Å². The van der Waals surface area contributed by atoms with Gasteiger partial charge in [-0.3, -0.25) is 9.59 Å². The van der Waals surface area contributed by atoms with E-state index in [1.54, 1.807) is 12.1 Å². The average molecular weight is 247 g/mol. The molecule has 0 radical (unpaired) electrons. The Hall–Kier alpha value is -1.62. The molecule has 1 amide bonds. The van der Waals surface area contributed by atoms with Crippen molar-refractivity contribution >= 4 is 5.91 Å². The second kappa shape index (κ2) is 4.24. The summed E-state index contributed by atoms with van der Waals surface area (Å²) >= 11 is 0. The maximum Gasteiger partial charge on any atom is 0.270 e. The summed E-state index contributed by atoms with van der Waals surface area (Å²) in [5, 5.41) is 3.33. The molecule has 3 heterocycles. The van der Waals surface area contributed by atoms with Crippen LogP contribution in [0.2, 0.25) is 0 Å². The molecule has 1 aromatic rings. The van der Waals surface area contributed by atoms with E-state index < -0.39 is 0 Å². The fraction of sp³-hybridized carbons (Fsp3) is 0.538. The molecule has 1 aromatic heterocycles. The fourth-order valence-electron chi connectivity index (χ4n) is 3.23. The number of likely N-dealkylation sites (tertiary alicyclic amines) is 1. The van der Waals surface area contributed by atoms with Gasteiger partial charge in [-0.15, -0.1) is 0 Å². The smallest absolute Gasteiger partial charge is 0.270 e. The monoisotopic (exact) mass is 247 g/mol. The molecule has 0 spiro atoms. The molecule has 96 valence electrons. The molecule has 2 aliphatic heterocycles. The van der Waals surface area contributed by atoms with Gasteiger partial charge in [-0.05, 0) is 25.3 Å². The summed E-state index contributed by atoms with van der Waals surface area (Å²) in [7, 11) is 0. The van der Waals surface area contributed by atoms with Gasteiger partial charge in [0.05, 0.1) is 0 Å². The Labute approximate surface area is 105 Å². The van der Waals surface area contributed by atoms with Crippen molar-refractivity contribution in [3.63, 3.8) is 0 Å². The van der Waals surface area contributed by atoms with Crippen LogP contribution in [-0.4, -0.2) is 41.0 Å². The summed E-state index contributed by atoms with van der Waals surface area (Å²) in [5.74, 6) is 0.496. The Morgan fingerprint density at radius 2 is 2.22 bits per heavy atom. The standard InChI is InChI=1S/C13H17N3O2/c1-8-5-9-6-14-7-11(9)16(8)13(18)10-3-2-4-12(17)15-10/h2-4,8-9,11,14H,5-7H2,1H3,(H,15,17). The van der Waals surface area contributed by atoms with Crippen LogP contribution in [0, 0.1) is 5.92 Å². The van der Waals surface area contributed by atoms with Crippen molar-refractivity contribution in [2.45, 2.75) is 25.4 Å². The summed E-state index contributed by atoms with van der Waals surface area (Å²) in [6.07, 6.45) is 1.04. The lowest BCUT2D eigenvalue weighted by Crippen LogP contribution is -2.43. The number of carbonyl (C=O) groups is 1. The number of nitrogens with one attached hydrogen (secondary N) is 2. The van der Waals surface area contributed by atoms with Crippen LogP contribution in [0.4, 0.5) is 0 Å². The number of carbonyl (C=O) groups excluding carboxylic acids is 1. The molecule has 2 saturated heterocycles. The van der Waals surface area contributed by atoms with Gasteiger partial charge in [0.15, 0.2) is 0 Å². The first kappa shape index (κ1) is 11.5. The van der Waals surface area contributed by atoms with Gasteiger partial charge >= 0.3 is 0 Å². The molecule has 18 heavy (non-hydrogen) atoms. The minimum Gasteiger partial charge on any atom is -0.330 e. The molecule has 3 rings (SSSR count). The Morgan fingerprint density at radius 1 is 1.39 bits per heavy atom. The van der Waals surface area contributed by atoms with E-state index in [4.69, 9.17) is 0 Å². The normalized spacial score (nSPS) is 30.5. The first-order valence-electron chi connectivity index (χ1n) is 6.39. The minimum atomic E-state index is -0.228. The Kier molecular flexibility index (Phi) is 2.70. The second-order valence-corrected chi connectivity index (χ2v) is 5.21. The zero-order chi connectivity index (χ0) is 12.7.